The first-order valence-corrected chi connectivity index (χ1v) is 8.42. The molecular weight excluding hydrogens is 382 g/mol. The molecule has 0 radical (unpaired) electrons. The quantitative estimate of drug-likeness (QED) is 0.755. The minimum absolute atomic E-state index is 0. The molecule has 1 amide bonds. The number of nitrogens with one attached hydrogen (secondary N) is 2. The number of fused-ring (bicyclic) bond motifs is 1. The maximum atomic E-state index is 12.1. The van der Waals surface area contributed by atoms with Crippen LogP contribution in [0, 0.1) is 0 Å². The number of carbonyl (C=O) groups is 1. The van der Waals surface area contributed by atoms with Crippen molar-refractivity contribution in [1.82, 2.24) is 15.5 Å². The minimum Gasteiger partial charge on any atom is -0.451 e. The fraction of sp³-hybridized carbons (Fsp3) is 0.438. The summed E-state index contributed by atoms with van der Waals surface area (Å²) in [4.78, 5) is 14.5. The Labute approximate surface area is 150 Å². The second-order valence-corrected chi connectivity index (χ2v) is 6.41. The van der Waals surface area contributed by atoms with Gasteiger partial charge in [0.05, 0.1) is 0 Å². The smallest absolute Gasteiger partial charge is 0.287 e. The molecule has 0 bridgehead atoms. The van der Waals surface area contributed by atoms with Crippen LogP contribution in [-0.2, 0) is 0 Å². The molecule has 0 aliphatic carbocycles. The molecule has 2 heterocycles. The van der Waals surface area contributed by atoms with Crippen LogP contribution in [0.4, 0.5) is 0 Å². The molecule has 1 saturated heterocycles. The van der Waals surface area contributed by atoms with Crippen LogP contribution in [-0.4, -0.2) is 50.1 Å². The molecular formula is C16H21BrClN3O2. The van der Waals surface area contributed by atoms with E-state index in [1.54, 1.807) is 6.07 Å². The highest BCUT2D eigenvalue weighted by Crippen LogP contribution is 2.23. The predicted molar refractivity (Wildman–Crippen MR) is 97.4 cm³/mol. The van der Waals surface area contributed by atoms with Crippen molar-refractivity contribution >= 4 is 45.2 Å². The standard InChI is InChI=1S/C16H20BrN3O2.ClH/c17-13-2-3-14-12(10-13)11-15(22-14)16(21)19-4-1-7-20-8-5-18-6-9-20;/h2-3,10-11,18H,1,4-9H2,(H,19,21);1H. The summed E-state index contributed by atoms with van der Waals surface area (Å²) in [7, 11) is 0. The van der Waals surface area contributed by atoms with Gasteiger partial charge >= 0.3 is 0 Å². The Morgan fingerprint density at radius 2 is 2.09 bits per heavy atom. The highest BCUT2D eigenvalue weighted by Gasteiger charge is 2.13. The molecule has 1 aliphatic heterocycles. The SMILES string of the molecule is Cl.O=C(NCCCN1CCNCC1)c1cc2cc(Br)ccc2o1. The summed E-state index contributed by atoms with van der Waals surface area (Å²) in [5.41, 5.74) is 0.731. The first-order valence-electron chi connectivity index (χ1n) is 7.63. The van der Waals surface area contributed by atoms with Gasteiger partial charge in [0.1, 0.15) is 5.58 Å². The molecule has 1 fully saturated rings. The summed E-state index contributed by atoms with van der Waals surface area (Å²) in [6.07, 6.45) is 0.956. The Kier molecular flexibility index (Phi) is 6.89. The van der Waals surface area contributed by atoms with E-state index >= 15 is 0 Å². The first-order chi connectivity index (χ1) is 10.7. The van der Waals surface area contributed by atoms with E-state index in [4.69, 9.17) is 4.42 Å². The number of hydrogen-bond donors (Lipinski definition) is 2. The Balaban J connectivity index is 0.00000192. The summed E-state index contributed by atoms with van der Waals surface area (Å²) in [5.74, 6) is 0.225. The molecule has 126 valence electrons. The number of hydrogen-bond acceptors (Lipinski definition) is 4. The van der Waals surface area contributed by atoms with E-state index in [1.165, 1.54) is 0 Å². The van der Waals surface area contributed by atoms with Crippen molar-refractivity contribution in [3.63, 3.8) is 0 Å². The zero-order valence-electron chi connectivity index (χ0n) is 12.8. The van der Waals surface area contributed by atoms with Crippen molar-refractivity contribution in [1.29, 1.82) is 0 Å². The van der Waals surface area contributed by atoms with Crippen molar-refractivity contribution in [2.75, 3.05) is 39.3 Å². The number of amides is 1. The largest absolute Gasteiger partial charge is 0.451 e. The average molecular weight is 403 g/mol. The van der Waals surface area contributed by atoms with Crippen LogP contribution >= 0.6 is 28.3 Å². The van der Waals surface area contributed by atoms with Gasteiger partial charge in [-0.2, -0.15) is 0 Å². The summed E-state index contributed by atoms with van der Waals surface area (Å²) in [6, 6.07) is 7.49. The molecule has 1 aliphatic rings. The van der Waals surface area contributed by atoms with E-state index in [-0.39, 0.29) is 18.3 Å². The molecule has 5 nitrogen and oxygen atoms in total. The first kappa shape index (κ1) is 18.3. The number of carbonyl (C=O) groups excluding carboxylic acids is 1. The Morgan fingerprint density at radius 3 is 2.87 bits per heavy atom. The monoisotopic (exact) mass is 401 g/mol. The van der Waals surface area contributed by atoms with Crippen LogP contribution in [0.5, 0.6) is 0 Å². The van der Waals surface area contributed by atoms with E-state index in [0.717, 1.165) is 54.6 Å². The van der Waals surface area contributed by atoms with Gasteiger partial charge in [-0.05, 0) is 37.2 Å². The number of rotatable bonds is 5. The third-order valence-electron chi connectivity index (χ3n) is 3.85. The second-order valence-electron chi connectivity index (χ2n) is 5.49. The maximum absolute atomic E-state index is 12.1. The number of benzene rings is 1. The van der Waals surface area contributed by atoms with Gasteiger partial charge in [-0.25, -0.2) is 0 Å². The van der Waals surface area contributed by atoms with E-state index in [0.29, 0.717) is 12.3 Å². The van der Waals surface area contributed by atoms with Crippen LogP contribution < -0.4 is 10.6 Å². The minimum atomic E-state index is -0.146. The summed E-state index contributed by atoms with van der Waals surface area (Å²) in [6.45, 7) is 5.99. The summed E-state index contributed by atoms with van der Waals surface area (Å²) < 4.78 is 6.56. The number of nitrogens with zero attached hydrogens (tertiary/aromatic N) is 1. The van der Waals surface area contributed by atoms with Crippen LogP contribution in [0.1, 0.15) is 17.0 Å². The molecule has 7 heteroatoms. The molecule has 2 N–H and O–H groups in total. The van der Waals surface area contributed by atoms with Gasteiger partial charge in [0.15, 0.2) is 5.76 Å². The lowest BCUT2D eigenvalue weighted by atomic mass is 10.2. The fourth-order valence-corrected chi connectivity index (χ4v) is 3.03. The third-order valence-corrected chi connectivity index (χ3v) is 4.34. The van der Waals surface area contributed by atoms with Crippen LogP contribution in [0.3, 0.4) is 0 Å². The molecule has 0 atom stereocenters. The van der Waals surface area contributed by atoms with E-state index in [9.17, 15) is 4.79 Å². The zero-order valence-corrected chi connectivity index (χ0v) is 15.2. The molecule has 0 saturated carbocycles. The van der Waals surface area contributed by atoms with Crippen molar-refractivity contribution in [3.05, 3.63) is 34.5 Å². The normalized spacial score (nSPS) is 15.3. The Bertz CT molecular complexity index is 656. The van der Waals surface area contributed by atoms with E-state index < -0.39 is 0 Å². The van der Waals surface area contributed by atoms with Crippen molar-refractivity contribution < 1.29 is 9.21 Å². The summed E-state index contributed by atoms with van der Waals surface area (Å²) in [5, 5.41) is 7.19. The van der Waals surface area contributed by atoms with E-state index in [1.807, 2.05) is 18.2 Å². The lowest BCUT2D eigenvalue weighted by Crippen LogP contribution is -2.44. The summed E-state index contributed by atoms with van der Waals surface area (Å²) >= 11 is 3.42. The highest BCUT2D eigenvalue weighted by atomic mass is 79.9. The Morgan fingerprint density at radius 1 is 1.30 bits per heavy atom. The van der Waals surface area contributed by atoms with Crippen LogP contribution in [0.25, 0.3) is 11.0 Å². The van der Waals surface area contributed by atoms with Gasteiger partial charge in [-0.1, -0.05) is 15.9 Å². The van der Waals surface area contributed by atoms with Gasteiger partial charge in [-0.15, -0.1) is 12.4 Å². The molecule has 3 rings (SSSR count). The van der Waals surface area contributed by atoms with Gasteiger partial charge in [-0.3, -0.25) is 4.79 Å². The van der Waals surface area contributed by atoms with Crippen molar-refractivity contribution in [2.45, 2.75) is 6.42 Å². The lowest BCUT2D eigenvalue weighted by molar-refractivity contribution is 0.0926. The van der Waals surface area contributed by atoms with E-state index in [2.05, 4.69) is 31.5 Å². The molecule has 0 spiro atoms. The second kappa shape index (κ2) is 8.68. The molecule has 1 aromatic carbocycles. The predicted octanol–water partition coefficient (Wildman–Crippen LogP) is 2.64. The topological polar surface area (TPSA) is 57.5 Å². The molecule has 2 aromatic rings. The van der Waals surface area contributed by atoms with Gasteiger partial charge < -0.3 is 20.0 Å². The number of halogens is 2. The van der Waals surface area contributed by atoms with Crippen LogP contribution in [0.2, 0.25) is 0 Å². The van der Waals surface area contributed by atoms with Gasteiger partial charge in [0.2, 0.25) is 0 Å². The number of furan rings is 1. The lowest BCUT2D eigenvalue weighted by Gasteiger charge is -2.26. The molecule has 1 aromatic heterocycles. The maximum Gasteiger partial charge on any atom is 0.287 e. The number of piperazine rings is 1. The third kappa shape index (κ3) is 4.94. The van der Waals surface area contributed by atoms with Gasteiger partial charge in [0.25, 0.3) is 5.91 Å². The van der Waals surface area contributed by atoms with Crippen LogP contribution in [0.15, 0.2) is 33.2 Å². The molecule has 0 unspecified atom stereocenters. The fourth-order valence-electron chi connectivity index (χ4n) is 2.65. The average Bonchev–Trinajstić information content (AvgIpc) is 2.95. The van der Waals surface area contributed by atoms with Crippen molar-refractivity contribution in [2.24, 2.45) is 0 Å². The zero-order chi connectivity index (χ0) is 15.4. The highest BCUT2D eigenvalue weighted by molar-refractivity contribution is 9.10. The Hall–Kier alpha value is -1.08. The van der Waals surface area contributed by atoms with Crippen molar-refractivity contribution in [3.8, 4) is 0 Å². The van der Waals surface area contributed by atoms with Gasteiger partial charge in [0, 0.05) is 42.6 Å². The molecule has 23 heavy (non-hydrogen) atoms.